The van der Waals surface area contributed by atoms with Crippen molar-refractivity contribution in [1.82, 2.24) is 9.78 Å². The number of nitrogens with one attached hydrogen (secondary N) is 1. The van der Waals surface area contributed by atoms with Crippen LogP contribution in [0.3, 0.4) is 0 Å². The van der Waals surface area contributed by atoms with E-state index in [0.717, 1.165) is 22.7 Å². The molecule has 1 unspecified atom stereocenters. The lowest BCUT2D eigenvalue weighted by molar-refractivity contribution is -0.116. The van der Waals surface area contributed by atoms with Crippen molar-refractivity contribution in [3.05, 3.63) is 41.6 Å². The molecule has 2 heterocycles. The van der Waals surface area contributed by atoms with Crippen molar-refractivity contribution in [3.63, 3.8) is 0 Å². The molecule has 22 heavy (non-hydrogen) atoms. The van der Waals surface area contributed by atoms with Gasteiger partial charge in [0.15, 0.2) is 0 Å². The van der Waals surface area contributed by atoms with E-state index in [0.29, 0.717) is 13.0 Å². The fourth-order valence-electron chi connectivity index (χ4n) is 2.92. The molecule has 5 heteroatoms. The van der Waals surface area contributed by atoms with Crippen LogP contribution in [0.2, 0.25) is 0 Å². The van der Waals surface area contributed by atoms with Gasteiger partial charge in [0.2, 0.25) is 5.91 Å². The highest BCUT2D eigenvalue weighted by molar-refractivity contribution is 5.94. The highest BCUT2D eigenvalue weighted by atomic mass is 16.5. The minimum Gasteiger partial charge on any atom is -0.494 e. The maximum absolute atomic E-state index is 12.1. The molecule has 0 radical (unpaired) electrons. The molecule has 0 saturated heterocycles. The molecule has 0 spiro atoms. The van der Waals surface area contributed by atoms with E-state index in [9.17, 15) is 4.79 Å². The van der Waals surface area contributed by atoms with Crippen LogP contribution in [0.25, 0.3) is 0 Å². The summed E-state index contributed by atoms with van der Waals surface area (Å²) >= 11 is 0. The predicted octanol–water partition coefficient (Wildman–Crippen LogP) is 3.34. The molecule has 116 valence electrons. The van der Waals surface area contributed by atoms with Gasteiger partial charge in [-0.2, -0.15) is 5.10 Å². The van der Waals surface area contributed by atoms with Crippen molar-refractivity contribution >= 4 is 11.7 Å². The highest BCUT2D eigenvalue weighted by Crippen LogP contribution is 2.38. The smallest absolute Gasteiger partial charge is 0.226 e. The third-order valence-electron chi connectivity index (χ3n) is 3.91. The molecule has 1 aliphatic rings. The van der Waals surface area contributed by atoms with Crippen LogP contribution < -0.4 is 10.1 Å². The second-order valence-electron chi connectivity index (χ2n) is 5.80. The van der Waals surface area contributed by atoms with E-state index >= 15 is 0 Å². The summed E-state index contributed by atoms with van der Waals surface area (Å²) in [5.74, 6) is 1.71. The van der Waals surface area contributed by atoms with Gasteiger partial charge in [-0.25, -0.2) is 4.68 Å². The number of carbonyl (C=O) groups excluding carboxylic acids is 1. The first-order valence-corrected chi connectivity index (χ1v) is 7.70. The topological polar surface area (TPSA) is 56.1 Å². The maximum Gasteiger partial charge on any atom is 0.226 e. The normalized spacial score (nSPS) is 17.3. The Bertz CT molecular complexity index is 691. The zero-order chi connectivity index (χ0) is 15.7. The number of nitrogens with zero attached hydrogens (tertiary/aromatic N) is 2. The quantitative estimate of drug-likeness (QED) is 0.942. The van der Waals surface area contributed by atoms with Gasteiger partial charge in [0.1, 0.15) is 11.6 Å². The van der Waals surface area contributed by atoms with Gasteiger partial charge in [0.25, 0.3) is 0 Å². The average Bonchev–Trinajstić information content (AvgIpc) is 2.91. The first kappa shape index (κ1) is 14.6. The van der Waals surface area contributed by atoms with E-state index in [2.05, 4.69) is 24.3 Å². The Morgan fingerprint density at radius 2 is 2.27 bits per heavy atom. The Morgan fingerprint density at radius 1 is 1.45 bits per heavy atom. The number of carbonyl (C=O) groups is 1. The lowest BCUT2D eigenvalue weighted by atomic mass is 9.87. The summed E-state index contributed by atoms with van der Waals surface area (Å²) in [5, 5.41) is 7.40. The largest absolute Gasteiger partial charge is 0.494 e. The van der Waals surface area contributed by atoms with Gasteiger partial charge in [-0.3, -0.25) is 4.79 Å². The summed E-state index contributed by atoms with van der Waals surface area (Å²) in [6.07, 6.45) is 2.30. The summed E-state index contributed by atoms with van der Waals surface area (Å²) in [4.78, 5) is 12.1. The summed E-state index contributed by atoms with van der Waals surface area (Å²) in [7, 11) is 0. The number of benzene rings is 1. The molecular weight excluding hydrogens is 278 g/mol. The number of amides is 1. The molecule has 2 aromatic rings. The third-order valence-corrected chi connectivity index (χ3v) is 3.91. The van der Waals surface area contributed by atoms with E-state index in [1.807, 2.05) is 42.1 Å². The Morgan fingerprint density at radius 3 is 3.00 bits per heavy atom. The Balaban J connectivity index is 2.02. The number of hydrogen-bond acceptors (Lipinski definition) is 3. The van der Waals surface area contributed by atoms with Crippen LogP contribution in [0, 0.1) is 0 Å². The van der Waals surface area contributed by atoms with E-state index in [-0.39, 0.29) is 17.9 Å². The highest BCUT2D eigenvalue weighted by Gasteiger charge is 2.30. The monoisotopic (exact) mass is 299 g/mol. The third kappa shape index (κ3) is 2.58. The minimum absolute atomic E-state index is 0.0247. The van der Waals surface area contributed by atoms with E-state index in [1.54, 1.807) is 0 Å². The van der Waals surface area contributed by atoms with Crippen molar-refractivity contribution in [3.8, 4) is 5.75 Å². The molecule has 3 rings (SSSR count). The lowest BCUT2D eigenvalue weighted by Gasteiger charge is -2.24. The number of hydrogen-bond donors (Lipinski definition) is 1. The summed E-state index contributed by atoms with van der Waals surface area (Å²) in [5.41, 5.74) is 2.16. The fourth-order valence-corrected chi connectivity index (χ4v) is 2.92. The zero-order valence-electron chi connectivity index (χ0n) is 13.2. The molecule has 1 amide bonds. The first-order chi connectivity index (χ1) is 10.6. The molecular formula is C17H21N3O2. The number of rotatable bonds is 4. The van der Waals surface area contributed by atoms with Crippen molar-refractivity contribution < 1.29 is 9.53 Å². The van der Waals surface area contributed by atoms with E-state index in [1.165, 1.54) is 0 Å². The van der Waals surface area contributed by atoms with Gasteiger partial charge in [0.05, 0.1) is 12.8 Å². The molecule has 1 aromatic carbocycles. The zero-order valence-corrected chi connectivity index (χ0v) is 13.2. The van der Waals surface area contributed by atoms with Gasteiger partial charge >= 0.3 is 0 Å². The fraction of sp³-hybridized carbons (Fsp3) is 0.412. The Labute approximate surface area is 130 Å². The van der Waals surface area contributed by atoms with Crippen LogP contribution in [0.4, 0.5) is 5.82 Å². The van der Waals surface area contributed by atoms with Gasteiger partial charge < -0.3 is 10.1 Å². The van der Waals surface area contributed by atoms with Gasteiger partial charge in [-0.1, -0.05) is 12.1 Å². The minimum atomic E-state index is 0.0247. The molecule has 1 aliphatic heterocycles. The number of ether oxygens (including phenoxy) is 1. The molecule has 1 aromatic heterocycles. The van der Waals surface area contributed by atoms with Crippen molar-refractivity contribution in [2.75, 3.05) is 11.9 Å². The van der Waals surface area contributed by atoms with Crippen LogP contribution in [0.5, 0.6) is 5.75 Å². The molecule has 1 N–H and O–H groups in total. The molecule has 1 atom stereocenters. The van der Waals surface area contributed by atoms with Crippen molar-refractivity contribution in [2.24, 2.45) is 0 Å². The van der Waals surface area contributed by atoms with Crippen LogP contribution in [-0.2, 0) is 4.79 Å². The van der Waals surface area contributed by atoms with Gasteiger partial charge in [-0.15, -0.1) is 0 Å². The number of anilines is 1. The Hall–Kier alpha value is -2.30. The van der Waals surface area contributed by atoms with Crippen LogP contribution >= 0.6 is 0 Å². The summed E-state index contributed by atoms with van der Waals surface area (Å²) < 4.78 is 7.44. The van der Waals surface area contributed by atoms with E-state index < -0.39 is 0 Å². The van der Waals surface area contributed by atoms with Crippen molar-refractivity contribution in [1.29, 1.82) is 0 Å². The van der Waals surface area contributed by atoms with Gasteiger partial charge in [0, 0.05) is 23.9 Å². The van der Waals surface area contributed by atoms with Crippen LogP contribution in [0.1, 0.15) is 50.3 Å². The molecule has 0 fully saturated rings. The summed E-state index contributed by atoms with van der Waals surface area (Å²) in [6, 6.07) is 8.18. The van der Waals surface area contributed by atoms with Crippen LogP contribution in [-0.4, -0.2) is 22.3 Å². The SMILES string of the molecule is CCOc1cccc(C2CC(=O)Nc3c2cnn3C(C)C)c1. The number of aromatic nitrogens is 2. The molecule has 0 aliphatic carbocycles. The first-order valence-electron chi connectivity index (χ1n) is 7.70. The maximum atomic E-state index is 12.1. The number of fused-ring (bicyclic) bond motifs is 1. The second kappa shape index (κ2) is 5.83. The van der Waals surface area contributed by atoms with Crippen molar-refractivity contribution in [2.45, 2.75) is 39.2 Å². The van der Waals surface area contributed by atoms with Gasteiger partial charge in [-0.05, 0) is 38.5 Å². The predicted molar refractivity (Wildman–Crippen MR) is 85.3 cm³/mol. The Kier molecular flexibility index (Phi) is 3.88. The average molecular weight is 299 g/mol. The second-order valence-corrected chi connectivity index (χ2v) is 5.80. The van der Waals surface area contributed by atoms with Crippen LogP contribution in [0.15, 0.2) is 30.5 Å². The molecule has 5 nitrogen and oxygen atoms in total. The summed E-state index contributed by atoms with van der Waals surface area (Å²) in [6.45, 7) is 6.70. The molecule has 0 bridgehead atoms. The lowest BCUT2D eigenvalue weighted by Crippen LogP contribution is -2.25. The molecule has 0 saturated carbocycles. The standard InChI is InChI=1S/C17H21N3O2/c1-4-22-13-7-5-6-12(8-13)14-9-16(21)19-17-15(14)10-18-20(17)11(2)3/h5-8,10-11,14H,4,9H2,1-3H3,(H,19,21). The van der Waals surface area contributed by atoms with E-state index in [4.69, 9.17) is 4.74 Å².